The molecule has 5 nitrogen and oxygen atoms in total. The van der Waals surface area contributed by atoms with Crippen LogP contribution < -0.4 is 4.74 Å². The van der Waals surface area contributed by atoms with E-state index in [9.17, 15) is 5.11 Å². The molecule has 17 heavy (non-hydrogen) atoms. The van der Waals surface area contributed by atoms with Crippen molar-refractivity contribution in [2.24, 2.45) is 7.05 Å². The van der Waals surface area contributed by atoms with Crippen LogP contribution in [0.1, 0.15) is 11.3 Å². The van der Waals surface area contributed by atoms with E-state index in [1.165, 1.54) is 0 Å². The van der Waals surface area contributed by atoms with Gasteiger partial charge in [-0.1, -0.05) is 28.9 Å². The Hall–Kier alpha value is -1.59. The number of para-hydroxylation sites is 1. The molecule has 1 aromatic heterocycles. The minimum atomic E-state index is -0.115. The topological polar surface area (TPSA) is 60.2 Å². The molecule has 1 heterocycles. The molecular formula is C11H12ClN3O2. The number of hydrogen-bond acceptors (Lipinski definition) is 4. The maximum Gasteiger partial charge on any atom is 0.143 e. The van der Waals surface area contributed by atoms with Crippen molar-refractivity contribution in [2.75, 3.05) is 0 Å². The van der Waals surface area contributed by atoms with Crippen LogP contribution in [0.5, 0.6) is 5.75 Å². The number of benzene rings is 1. The Morgan fingerprint density at radius 2 is 2.29 bits per heavy atom. The standard InChI is InChI=1S/C11H12ClN3O2/c1-15-5-9(13-14-15)7-17-11-8(6-16)3-2-4-10(11)12/h2-5,16H,6-7H2,1H3. The van der Waals surface area contributed by atoms with Gasteiger partial charge in [-0.15, -0.1) is 5.10 Å². The lowest BCUT2D eigenvalue weighted by Gasteiger charge is -2.10. The highest BCUT2D eigenvalue weighted by Gasteiger charge is 2.08. The first-order valence-corrected chi connectivity index (χ1v) is 5.44. The molecule has 0 radical (unpaired) electrons. The highest BCUT2D eigenvalue weighted by atomic mass is 35.5. The van der Waals surface area contributed by atoms with E-state index < -0.39 is 0 Å². The van der Waals surface area contributed by atoms with Gasteiger partial charge < -0.3 is 9.84 Å². The summed E-state index contributed by atoms with van der Waals surface area (Å²) in [5.41, 5.74) is 1.36. The van der Waals surface area contributed by atoms with Crippen LogP contribution in [0, 0.1) is 0 Å². The van der Waals surface area contributed by atoms with E-state index in [-0.39, 0.29) is 13.2 Å². The van der Waals surface area contributed by atoms with Crippen LogP contribution >= 0.6 is 11.6 Å². The number of aryl methyl sites for hydroxylation is 1. The molecule has 2 aromatic rings. The Morgan fingerprint density at radius 1 is 1.47 bits per heavy atom. The molecule has 0 saturated carbocycles. The largest absolute Gasteiger partial charge is 0.485 e. The first-order chi connectivity index (χ1) is 8.20. The van der Waals surface area contributed by atoms with E-state index in [0.29, 0.717) is 22.0 Å². The average Bonchev–Trinajstić information content (AvgIpc) is 2.73. The van der Waals surface area contributed by atoms with E-state index in [1.807, 2.05) is 0 Å². The number of aromatic nitrogens is 3. The van der Waals surface area contributed by atoms with Gasteiger partial charge in [0.05, 0.1) is 17.8 Å². The fourth-order valence-electron chi connectivity index (χ4n) is 1.45. The predicted octanol–water partition coefficient (Wildman–Crippen LogP) is 1.54. The average molecular weight is 254 g/mol. The second kappa shape index (κ2) is 5.16. The SMILES string of the molecule is Cn1cc(COc2c(Cl)cccc2CO)nn1. The quantitative estimate of drug-likeness (QED) is 0.898. The number of ether oxygens (including phenoxy) is 1. The van der Waals surface area contributed by atoms with Crippen molar-refractivity contribution >= 4 is 11.6 Å². The summed E-state index contributed by atoms with van der Waals surface area (Å²) in [5.74, 6) is 0.488. The third-order valence-corrected chi connectivity index (χ3v) is 2.53. The van der Waals surface area contributed by atoms with Crippen LogP contribution in [0.2, 0.25) is 5.02 Å². The van der Waals surface area contributed by atoms with Crippen molar-refractivity contribution in [1.29, 1.82) is 0 Å². The Kier molecular flexibility index (Phi) is 3.61. The highest BCUT2D eigenvalue weighted by molar-refractivity contribution is 6.32. The van der Waals surface area contributed by atoms with Gasteiger partial charge in [-0.2, -0.15) is 0 Å². The van der Waals surface area contributed by atoms with Gasteiger partial charge >= 0.3 is 0 Å². The van der Waals surface area contributed by atoms with Gasteiger partial charge in [-0.25, -0.2) is 0 Å². The van der Waals surface area contributed by atoms with Crippen molar-refractivity contribution in [3.05, 3.63) is 40.7 Å². The molecule has 2 rings (SSSR count). The second-order valence-corrected chi connectivity index (χ2v) is 3.97. The Labute approximate surface area is 104 Å². The van der Waals surface area contributed by atoms with Crippen LogP contribution in [-0.4, -0.2) is 20.1 Å². The molecule has 0 spiro atoms. The van der Waals surface area contributed by atoms with Crippen LogP contribution in [-0.2, 0) is 20.3 Å². The first-order valence-electron chi connectivity index (χ1n) is 5.07. The minimum Gasteiger partial charge on any atom is -0.485 e. The lowest BCUT2D eigenvalue weighted by molar-refractivity contribution is 0.257. The third kappa shape index (κ3) is 2.75. The first kappa shape index (κ1) is 11.9. The third-order valence-electron chi connectivity index (χ3n) is 2.23. The summed E-state index contributed by atoms with van der Waals surface area (Å²) in [6.45, 7) is 0.154. The molecule has 1 aromatic carbocycles. The predicted molar refractivity (Wildman–Crippen MR) is 62.7 cm³/mol. The summed E-state index contributed by atoms with van der Waals surface area (Å²) in [4.78, 5) is 0. The molecule has 0 aliphatic heterocycles. The monoisotopic (exact) mass is 253 g/mol. The fraction of sp³-hybridized carbons (Fsp3) is 0.273. The van der Waals surface area contributed by atoms with E-state index in [1.54, 1.807) is 36.1 Å². The van der Waals surface area contributed by atoms with E-state index >= 15 is 0 Å². The number of aliphatic hydroxyl groups is 1. The summed E-state index contributed by atoms with van der Waals surface area (Å²) in [6, 6.07) is 5.24. The number of aliphatic hydroxyl groups excluding tert-OH is 1. The van der Waals surface area contributed by atoms with E-state index in [4.69, 9.17) is 16.3 Å². The van der Waals surface area contributed by atoms with Gasteiger partial charge in [0.1, 0.15) is 18.1 Å². The summed E-state index contributed by atoms with van der Waals surface area (Å²) >= 11 is 6.00. The second-order valence-electron chi connectivity index (χ2n) is 3.56. The summed E-state index contributed by atoms with van der Waals surface area (Å²) in [5, 5.41) is 17.3. The van der Waals surface area contributed by atoms with Crippen molar-refractivity contribution < 1.29 is 9.84 Å². The van der Waals surface area contributed by atoms with E-state index in [0.717, 1.165) is 0 Å². The number of halogens is 1. The van der Waals surface area contributed by atoms with Gasteiger partial charge in [0.15, 0.2) is 0 Å². The Morgan fingerprint density at radius 3 is 2.94 bits per heavy atom. The van der Waals surface area contributed by atoms with Crippen LogP contribution in [0.15, 0.2) is 24.4 Å². The van der Waals surface area contributed by atoms with Crippen molar-refractivity contribution in [3.63, 3.8) is 0 Å². The zero-order valence-corrected chi connectivity index (χ0v) is 10.1. The molecule has 6 heteroatoms. The molecular weight excluding hydrogens is 242 g/mol. The van der Waals surface area contributed by atoms with Crippen LogP contribution in [0.25, 0.3) is 0 Å². The summed E-state index contributed by atoms with van der Waals surface area (Å²) in [6.07, 6.45) is 1.76. The van der Waals surface area contributed by atoms with Gasteiger partial charge in [-0.3, -0.25) is 4.68 Å². The molecule has 0 unspecified atom stereocenters. The molecule has 0 amide bonds. The molecule has 90 valence electrons. The molecule has 0 atom stereocenters. The van der Waals surface area contributed by atoms with Crippen molar-refractivity contribution in [2.45, 2.75) is 13.2 Å². The highest BCUT2D eigenvalue weighted by Crippen LogP contribution is 2.29. The molecule has 0 fully saturated rings. The molecule has 0 aliphatic carbocycles. The Balaban J connectivity index is 2.13. The minimum absolute atomic E-state index is 0.115. The zero-order valence-electron chi connectivity index (χ0n) is 9.30. The summed E-state index contributed by atoms with van der Waals surface area (Å²) in [7, 11) is 1.78. The van der Waals surface area contributed by atoms with Gasteiger partial charge in [-0.05, 0) is 6.07 Å². The Bertz CT molecular complexity index is 513. The van der Waals surface area contributed by atoms with Crippen LogP contribution in [0.3, 0.4) is 0 Å². The maximum atomic E-state index is 9.17. The summed E-state index contributed by atoms with van der Waals surface area (Å²) < 4.78 is 7.15. The molecule has 0 bridgehead atoms. The molecule has 0 aliphatic rings. The fourth-order valence-corrected chi connectivity index (χ4v) is 1.70. The van der Waals surface area contributed by atoms with Gasteiger partial charge in [0.2, 0.25) is 0 Å². The smallest absolute Gasteiger partial charge is 0.143 e. The number of rotatable bonds is 4. The lowest BCUT2D eigenvalue weighted by Crippen LogP contribution is -2.00. The molecule has 0 saturated heterocycles. The van der Waals surface area contributed by atoms with Crippen molar-refractivity contribution in [3.8, 4) is 5.75 Å². The normalized spacial score (nSPS) is 10.5. The number of nitrogens with zero attached hydrogens (tertiary/aromatic N) is 3. The lowest BCUT2D eigenvalue weighted by atomic mass is 10.2. The van der Waals surface area contributed by atoms with Crippen LogP contribution in [0.4, 0.5) is 0 Å². The van der Waals surface area contributed by atoms with Crippen molar-refractivity contribution in [1.82, 2.24) is 15.0 Å². The zero-order chi connectivity index (χ0) is 12.3. The van der Waals surface area contributed by atoms with Gasteiger partial charge in [0, 0.05) is 12.6 Å². The molecule has 1 N–H and O–H groups in total. The van der Waals surface area contributed by atoms with E-state index in [2.05, 4.69) is 10.3 Å². The van der Waals surface area contributed by atoms with Gasteiger partial charge in [0.25, 0.3) is 0 Å². The number of hydrogen-bond donors (Lipinski definition) is 1. The maximum absolute atomic E-state index is 9.17.